The van der Waals surface area contributed by atoms with E-state index in [0.29, 0.717) is 11.7 Å². The van der Waals surface area contributed by atoms with E-state index in [1.807, 2.05) is 18.2 Å². The van der Waals surface area contributed by atoms with Crippen LogP contribution in [0, 0.1) is 11.8 Å². The van der Waals surface area contributed by atoms with Gasteiger partial charge in [0.15, 0.2) is 0 Å². The van der Waals surface area contributed by atoms with Gasteiger partial charge in [0, 0.05) is 0 Å². The second kappa shape index (κ2) is 17.2. The van der Waals surface area contributed by atoms with Crippen molar-refractivity contribution in [3.8, 4) is 16.9 Å². The van der Waals surface area contributed by atoms with E-state index in [-0.39, 0.29) is 11.9 Å². The van der Waals surface area contributed by atoms with Crippen LogP contribution >= 0.6 is 0 Å². The van der Waals surface area contributed by atoms with E-state index in [9.17, 15) is 4.79 Å². The third-order valence-corrected chi connectivity index (χ3v) is 9.18. The molecular formula is C39H52O2. The summed E-state index contributed by atoms with van der Waals surface area (Å²) in [6, 6.07) is 27.8. The first-order valence-electron chi connectivity index (χ1n) is 16.6. The van der Waals surface area contributed by atoms with Crippen LogP contribution in [0.25, 0.3) is 11.1 Å². The van der Waals surface area contributed by atoms with Crippen molar-refractivity contribution in [1.29, 1.82) is 0 Å². The molecule has 41 heavy (non-hydrogen) atoms. The van der Waals surface area contributed by atoms with Crippen molar-refractivity contribution >= 4 is 5.97 Å². The number of carbonyl (C=O) groups is 1. The van der Waals surface area contributed by atoms with Gasteiger partial charge in [-0.15, -0.1) is 0 Å². The van der Waals surface area contributed by atoms with E-state index < -0.39 is 0 Å². The minimum atomic E-state index is -0.0709. The van der Waals surface area contributed by atoms with Gasteiger partial charge in [-0.1, -0.05) is 126 Å². The van der Waals surface area contributed by atoms with Crippen molar-refractivity contribution in [3.63, 3.8) is 0 Å². The van der Waals surface area contributed by atoms with Crippen LogP contribution in [0.4, 0.5) is 0 Å². The Morgan fingerprint density at radius 3 is 2.07 bits per heavy atom. The molecule has 0 amide bonds. The number of aryl methyl sites for hydroxylation is 1. The predicted molar refractivity (Wildman–Crippen MR) is 173 cm³/mol. The molecule has 1 aliphatic rings. The predicted octanol–water partition coefficient (Wildman–Crippen LogP) is 11.3. The van der Waals surface area contributed by atoms with E-state index in [4.69, 9.17) is 4.74 Å². The minimum Gasteiger partial charge on any atom is -0.426 e. The number of esters is 1. The molecule has 0 bridgehead atoms. The first-order valence-corrected chi connectivity index (χ1v) is 16.6. The van der Waals surface area contributed by atoms with Crippen LogP contribution in [0.15, 0.2) is 78.9 Å². The molecule has 0 radical (unpaired) electrons. The molecule has 3 aromatic rings. The lowest BCUT2D eigenvalue weighted by Crippen LogP contribution is -2.21. The van der Waals surface area contributed by atoms with Crippen LogP contribution in [0.3, 0.4) is 0 Å². The number of carbonyl (C=O) groups excluding carboxylic acids is 1. The molecule has 0 saturated heterocycles. The van der Waals surface area contributed by atoms with Gasteiger partial charge in [0.05, 0.1) is 5.92 Å². The standard InChI is InChI=1S/C39H52O2/c1-3-5-6-7-9-14-31-19-25-35(26-20-31)36-27-29-38(30-28-36)41-39(40)37(13-4-2)18-12-15-32-21-23-34(24-22-32)33-16-10-8-11-17-33/h8,10-11,16-17,21-24,27-31,35,37H,3-7,9,12-15,18-20,25-26H2,1-2H3. The minimum absolute atomic E-state index is 0.0412. The quantitative estimate of drug-likeness (QED) is 0.100. The van der Waals surface area contributed by atoms with Crippen molar-refractivity contribution in [2.24, 2.45) is 11.8 Å². The Morgan fingerprint density at radius 1 is 0.707 bits per heavy atom. The molecule has 0 N–H and O–H groups in total. The highest BCUT2D eigenvalue weighted by Gasteiger charge is 2.23. The molecule has 2 nitrogen and oxygen atoms in total. The van der Waals surface area contributed by atoms with Gasteiger partial charge in [-0.2, -0.15) is 0 Å². The van der Waals surface area contributed by atoms with Gasteiger partial charge in [-0.25, -0.2) is 0 Å². The number of rotatable bonds is 16. The summed E-state index contributed by atoms with van der Waals surface area (Å²) in [6.07, 6.45) is 18.4. The largest absolute Gasteiger partial charge is 0.426 e. The fourth-order valence-corrected chi connectivity index (χ4v) is 6.60. The summed E-state index contributed by atoms with van der Waals surface area (Å²) in [7, 11) is 0. The fourth-order valence-electron chi connectivity index (χ4n) is 6.60. The Hall–Kier alpha value is -2.87. The van der Waals surface area contributed by atoms with E-state index in [1.54, 1.807) is 0 Å². The highest BCUT2D eigenvalue weighted by Crippen LogP contribution is 2.38. The molecule has 3 aromatic carbocycles. The van der Waals surface area contributed by atoms with Crippen LogP contribution in [0.5, 0.6) is 5.75 Å². The summed E-state index contributed by atoms with van der Waals surface area (Å²) < 4.78 is 5.89. The van der Waals surface area contributed by atoms with Crippen molar-refractivity contribution in [3.05, 3.63) is 90.0 Å². The molecule has 0 spiro atoms. The summed E-state index contributed by atoms with van der Waals surface area (Å²) >= 11 is 0. The van der Waals surface area contributed by atoms with E-state index in [1.165, 1.54) is 86.5 Å². The zero-order valence-corrected chi connectivity index (χ0v) is 25.7. The summed E-state index contributed by atoms with van der Waals surface area (Å²) in [6.45, 7) is 4.44. The Kier molecular flexibility index (Phi) is 13.0. The van der Waals surface area contributed by atoms with Crippen LogP contribution in [0.2, 0.25) is 0 Å². The Balaban J connectivity index is 1.19. The normalized spacial score (nSPS) is 17.7. The zero-order valence-electron chi connectivity index (χ0n) is 25.7. The summed E-state index contributed by atoms with van der Waals surface area (Å²) in [4.78, 5) is 13.1. The van der Waals surface area contributed by atoms with Crippen LogP contribution in [0.1, 0.15) is 121 Å². The van der Waals surface area contributed by atoms with Gasteiger partial charge < -0.3 is 4.74 Å². The van der Waals surface area contributed by atoms with Crippen molar-refractivity contribution in [2.45, 2.75) is 116 Å². The van der Waals surface area contributed by atoms with E-state index in [2.05, 4.69) is 74.5 Å². The smallest absolute Gasteiger partial charge is 0.314 e. The molecule has 0 aromatic heterocycles. The molecular weight excluding hydrogens is 500 g/mol. The van der Waals surface area contributed by atoms with Gasteiger partial charge in [-0.05, 0) is 97.6 Å². The summed E-state index contributed by atoms with van der Waals surface area (Å²) in [5, 5.41) is 0. The molecule has 0 heterocycles. The maximum atomic E-state index is 13.1. The third kappa shape index (κ3) is 10.2. The van der Waals surface area contributed by atoms with Crippen LogP contribution < -0.4 is 4.74 Å². The number of unbranched alkanes of at least 4 members (excludes halogenated alkanes) is 4. The molecule has 2 heteroatoms. The average Bonchev–Trinajstić information content (AvgIpc) is 3.02. The number of ether oxygens (including phenoxy) is 1. The lowest BCUT2D eigenvalue weighted by atomic mass is 9.77. The van der Waals surface area contributed by atoms with Crippen LogP contribution in [-0.4, -0.2) is 5.97 Å². The number of hydrogen-bond acceptors (Lipinski definition) is 2. The first-order chi connectivity index (χ1) is 20.2. The molecule has 1 atom stereocenters. The zero-order chi connectivity index (χ0) is 28.7. The maximum Gasteiger partial charge on any atom is 0.314 e. The van der Waals surface area contributed by atoms with Crippen LogP contribution in [-0.2, 0) is 11.2 Å². The van der Waals surface area contributed by atoms with Crippen molar-refractivity contribution < 1.29 is 9.53 Å². The second-order valence-electron chi connectivity index (χ2n) is 12.4. The molecule has 1 aliphatic carbocycles. The second-order valence-corrected chi connectivity index (χ2v) is 12.4. The molecule has 1 saturated carbocycles. The highest BCUT2D eigenvalue weighted by molar-refractivity contribution is 5.75. The highest BCUT2D eigenvalue weighted by atomic mass is 16.5. The molecule has 4 rings (SSSR count). The lowest BCUT2D eigenvalue weighted by Gasteiger charge is -2.29. The van der Waals surface area contributed by atoms with Crippen molar-refractivity contribution in [1.82, 2.24) is 0 Å². The maximum absolute atomic E-state index is 13.1. The average molecular weight is 553 g/mol. The Labute approximate surface area is 249 Å². The Bertz CT molecular complexity index is 1120. The van der Waals surface area contributed by atoms with Gasteiger partial charge in [-0.3, -0.25) is 4.79 Å². The number of hydrogen-bond donors (Lipinski definition) is 0. The molecule has 0 aliphatic heterocycles. The lowest BCUT2D eigenvalue weighted by molar-refractivity contribution is -0.139. The monoisotopic (exact) mass is 552 g/mol. The molecule has 220 valence electrons. The van der Waals surface area contributed by atoms with Gasteiger partial charge in [0.2, 0.25) is 0 Å². The SMILES string of the molecule is CCCCCCCC1CCC(c2ccc(OC(=O)C(CCC)CCCc3ccc(-c4ccccc4)cc3)cc2)CC1. The van der Waals surface area contributed by atoms with Crippen molar-refractivity contribution in [2.75, 3.05) is 0 Å². The van der Waals surface area contributed by atoms with Gasteiger partial charge >= 0.3 is 5.97 Å². The van der Waals surface area contributed by atoms with E-state index >= 15 is 0 Å². The third-order valence-electron chi connectivity index (χ3n) is 9.18. The van der Waals surface area contributed by atoms with Gasteiger partial charge in [0.25, 0.3) is 0 Å². The molecule has 1 fully saturated rings. The van der Waals surface area contributed by atoms with Gasteiger partial charge in [0.1, 0.15) is 5.75 Å². The fraction of sp³-hybridized carbons (Fsp3) is 0.513. The summed E-state index contributed by atoms with van der Waals surface area (Å²) in [5.74, 6) is 2.17. The number of benzene rings is 3. The Morgan fingerprint density at radius 2 is 1.39 bits per heavy atom. The van der Waals surface area contributed by atoms with E-state index in [0.717, 1.165) is 38.0 Å². The molecule has 1 unspecified atom stereocenters. The topological polar surface area (TPSA) is 26.3 Å². The first kappa shape index (κ1) is 31.1. The summed E-state index contributed by atoms with van der Waals surface area (Å²) in [5.41, 5.74) is 5.22.